The van der Waals surface area contributed by atoms with Crippen molar-refractivity contribution in [3.63, 3.8) is 0 Å². The van der Waals surface area contributed by atoms with Gasteiger partial charge in [0.05, 0.1) is 24.2 Å². The van der Waals surface area contributed by atoms with Crippen LogP contribution in [0.15, 0.2) is 0 Å². The highest BCUT2D eigenvalue weighted by Gasteiger charge is 2.23. The summed E-state index contributed by atoms with van der Waals surface area (Å²) < 4.78 is 7.59. The first-order valence-corrected chi connectivity index (χ1v) is 6.58. The van der Waals surface area contributed by atoms with E-state index in [4.69, 9.17) is 21.4 Å². The molecule has 2 rings (SSSR count). The molecule has 90 valence electrons. The van der Waals surface area contributed by atoms with Crippen molar-refractivity contribution in [3.8, 4) is 0 Å². The topological polar surface area (TPSA) is 27.1 Å². The lowest BCUT2D eigenvalue weighted by atomic mass is 10.1. The monoisotopic (exact) mass is 242 g/mol. The van der Waals surface area contributed by atoms with Crippen molar-refractivity contribution < 1.29 is 4.74 Å². The van der Waals surface area contributed by atoms with Crippen molar-refractivity contribution in [2.75, 3.05) is 13.2 Å². The molecule has 0 radical (unpaired) electrons. The molecule has 1 aromatic heterocycles. The first-order valence-electron chi connectivity index (χ1n) is 6.04. The summed E-state index contributed by atoms with van der Waals surface area (Å²) in [6, 6.07) is 0.414. The number of hydrogen-bond donors (Lipinski definition) is 0. The van der Waals surface area contributed by atoms with Crippen LogP contribution < -0.4 is 0 Å². The first kappa shape index (κ1) is 11.9. The molecule has 0 spiro atoms. The molecule has 16 heavy (non-hydrogen) atoms. The van der Waals surface area contributed by atoms with E-state index >= 15 is 0 Å². The predicted octanol–water partition coefficient (Wildman–Crippen LogP) is 2.71. The quantitative estimate of drug-likeness (QED) is 0.760. The minimum Gasteiger partial charge on any atom is -0.379 e. The van der Waals surface area contributed by atoms with Gasteiger partial charge in [-0.05, 0) is 19.3 Å². The molecule has 1 unspecified atom stereocenters. The molecule has 0 aliphatic carbocycles. The zero-order valence-electron chi connectivity index (χ0n) is 10.0. The van der Waals surface area contributed by atoms with Gasteiger partial charge in [0.15, 0.2) is 0 Å². The SMILES string of the molecule is CCc1nn(C2CCOC2)c(CC)c1CCl. The first-order chi connectivity index (χ1) is 7.81. The Morgan fingerprint density at radius 1 is 1.44 bits per heavy atom. The summed E-state index contributed by atoms with van der Waals surface area (Å²) in [5.41, 5.74) is 3.68. The Balaban J connectivity index is 2.39. The summed E-state index contributed by atoms with van der Waals surface area (Å²) in [6.45, 7) is 5.94. The van der Waals surface area contributed by atoms with Crippen LogP contribution in [0, 0.1) is 0 Å². The average molecular weight is 243 g/mol. The third-order valence-electron chi connectivity index (χ3n) is 3.26. The van der Waals surface area contributed by atoms with E-state index in [0.29, 0.717) is 11.9 Å². The average Bonchev–Trinajstić information content (AvgIpc) is 2.94. The summed E-state index contributed by atoms with van der Waals surface area (Å²) >= 11 is 6.03. The lowest BCUT2D eigenvalue weighted by Gasteiger charge is -2.12. The van der Waals surface area contributed by atoms with E-state index in [9.17, 15) is 0 Å². The van der Waals surface area contributed by atoms with E-state index in [0.717, 1.165) is 38.2 Å². The second kappa shape index (κ2) is 5.19. The van der Waals surface area contributed by atoms with Crippen molar-refractivity contribution >= 4 is 11.6 Å². The van der Waals surface area contributed by atoms with Gasteiger partial charge in [0.1, 0.15) is 0 Å². The van der Waals surface area contributed by atoms with E-state index in [1.807, 2.05) is 0 Å². The van der Waals surface area contributed by atoms with Crippen molar-refractivity contribution in [1.29, 1.82) is 0 Å². The summed E-state index contributed by atoms with van der Waals surface area (Å²) in [4.78, 5) is 0. The Hall–Kier alpha value is -0.540. The molecule has 1 aliphatic rings. The maximum absolute atomic E-state index is 6.03. The third kappa shape index (κ3) is 1.98. The highest BCUT2D eigenvalue weighted by molar-refractivity contribution is 6.17. The van der Waals surface area contributed by atoms with Gasteiger partial charge in [-0.25, -0.2) is 0 Å². The van der Waals surface area contributed by atoms with E-state index in [1.165, 1.54) is 11.3 Å². The van der Waals surface area contributed by atoms with Gasteiger partial charge in [0, 0.05) is 17.9 Å². The summed E-state index contributed by atoms with van der Waals surface area (Å²) in [7, 11) is 0. The number of nitrogens with zero attached hydrogens (tertiary/aromatic N) is 2. The minimum absolute atomic E-state index is 0.414. The molecule has 1 saturated heterocycles. The van der Waals surface area contributed by atoms with Crippen LogP contribution >= 0.6 is 11.6 Å². The molecule has 1 atom stereocenters. The van der Waals surface area contributed by atoms with Crippen molar-refractivity contribution in [1.82, 2.24) is 9.78 Å². The van der Waals surface area contributed by atoms with Crippen molar-refractivity contribution in [3.05, 3.63) is 17.0 Å². The van der Waals surface area contributed by atoms with Gasteiger partial charge < -0.3 is 4.74 Å². The van der Waals surface area contributed by atoms with Gasteiger partial charge in [0.25, 0.3) is 0 Å². The van der Waals surface area contributed by atoms with Gasteiger partial charge in [-0.2, -0.15) is 5.10 Å². The van der Waals surface area contributed by atoms with Crippen LogP contribution in [0.4, 0.5) is 0 Å². The number of aromatic nitrogens is 2. The van der Waals surface area contributed by atoms with E-state index in [1.54, 1.807) is 0 Å². The van der Waals surface area contributed by atoms with Crippen LogP contribution in [0.5, 0.6) is 0 Å². The van der Waals surface area contributed by atoms with Gasteiger partial charge in [-0.3, -0.25) is 4.68 Å². The van der Waals surface area contributed by atoms with E-state index in [2.05, 4.69) is 18.5 Å². The Labute approximate surface area is 102 Å². The number of halogens is 1. The van der Waals surface area contributed by atoms with Crippen LogP contribution in [0.3, 0.4) is 0 Å². The maximum atomic E-state index is 6.03. The van der Waals surface area contributed by atoms with Gasteiger partial charge in [-0.1, -0.05) is 13.8 Å². The van der Waals surface area contributed by atoms with Crippen molar-refractivity contribution in [2.45, 2.75) is 45.0 Å². The second-order valence-electron chi connectivity index (χ2n) is 4.17. The Morgan fingerprint density at radius 2 is 2.25 bits per heavy atom. The summed E-state index contributed by atoms with van der Waals surface area (Å²) in [5.74, 6) is 0.569. The fourth-order valence-corrected chi connectivity index (χ4v) is 2.69. The van der Waals surface area contributed by atoms with E-state index in [-0.39, 0.29) is 0 Å². The van der Waals surface area contributed by atoms with Gasteiger partial charge in [0.2, 0.25) is 0 Å². The number of ether oxygens (including phenoxy) is 1. The van der Waals surface area contributed by atoms with Crippen LogP contribution in [0.25, 0.3) is 0 Å². The Bertz CT molecular complexity index is 356. The predicted molar refractivity (Wildman–Crippen MR) is 65.0 cm³/mol. The van der Waals surface area contributed by atoms with Crippen LogP contribution in [0.1, 0.15) is 43.3 Å². The molecule has 4 heteroatoms. The normalized spacial score (nSPS) is 20.6. The molecule has 0 amide bonds. The van der Waals surface area contributed by atoms with Gasteiger partial charge >= 0.3 is 0 Å². The molecular weight excluding hydrogens is 224 g/mol. The van der Waals surface area contributed by atoms with Crippen LogP contribution in [-0.2, 0) is 23.5 Å². The van der Waals surface area contributed by atoms with Crippen LogP contribution in [0.2, 0.25) is 0 Å². The second-order valence-corrected chi connectivity index (χ2v) is 4.44. The number of aryl methyl sites for hydroxylation is 1. The zero-order valence-corrected chi connectivity index (χ0v) is 10.8. The fraction of sp³-hybridized carbons (Fsp3) is 0.750. The summed E-state index contributed by atoms with van der Waals surface area (Å²) in [5, 5.41) is 4.70. The molecular formula is C12H19ClN2O. The molecule has 0 N–H and O–H groups in total. The number of alkyl halides is 1. The highest BCUT2D eigenvalue weighted by Crippen LogP contribution is 2.26. The number of hydrogen-bond acceptors (Lipinski definition) is 2. The molecule has 3 nitrogen and oxygen atoms in total. The van der Waals surface area contributed by atoms with Crippen LogP contribution in [-0.4, -0.2) is 23.0 Å². The smallest absolute Gasteiger partial charge is 0.0777 e. The largest absolute Gasteiger partial charge is 0.379 e. The number of rotatable bonds is 4. The molecule has 1 fully saturated rings. The minimum atomic E-state index is 0.414. The van der Waals surface area contributed by atoms with Crippen molar-refractivity contribution in [2.24, 2.45) is 0 Å². The molecule has 1 aliphatic heterocycles. The fourth-order valence-electron chi connectivity index (χ4n) is 2.39. The lowest BCUT2D eigenvalue weighted by molar-refractivity contribution is 0.184. The maximum Gasteiger partial charge on any atom is 0.0777 e. The van der Waals surface area contributed by atoms with Gasteiger partial charge in [-0.15, -0.1) is 11.6 Å². The highest BCUT2D eigenvalue weighted by atomic mass is 35.5. The third-order valence-corrected chi connectivity index (χ3v) is 3.52. The molecule has 2 heterocycles. The molecule has 0 saturated carbocycles. The molecule has 0 bridgehead atoms. The molecule has 0 aromatic carbocycles. The standard InChI is InChI=1S/C12H19ClN2O/c1-3-11-10(7-13)12(4-2)15(14-11)9-5-6-16-8-9/h9H,3-8H2,1-2H3. The Morgan fingerprint density at radius 3 is 2.75 bits per heavy atom. The summed E-state index contributed by atoms with van der Waals surface area (Å²) in [6.07, 6.45) is 3.01. The molecule has 1 aromatic rings. The zero-order chi connectivity index (χ0) is 11.5. The van der Waals surface area contributed by atoms with E-state index < -0.39 is 0 Å². The Kier molecular flexibility index (Phi) is 3.87. The lowest BCUT2D eigenvalue weighted by Crippen LogP contribution is -2.13.